The molecule has 3 aliphatic heterocycles. The summed E-state index contributed by atoms with van der Waals surface area (Å²) < 4.78 is 11.8. The van der Waals surface area contributed by atoms with Gasteiger partial charge in [0.1, 0.15) is 5.76 Å². The summed E-state index contributed by atoms with van der Waals surface area (Å²) >= 11 is 0. The van der Waals surface area contributed by atoms with Gasteiger partial charge < -0.3 is 19.7 Å². The molecular formula is C21H28N2O4. The summed E-state index contributed by atoms with van der Waals surface area (Å²) in [6, 6.07) is 0. The van der Waals surface area contributed by atoms with Gasteiger partial charge in [0.05, 0.1) is 17.7 Å². The first-order valence-electron chi connectivity index (χ1n) is 10.1. The molecule has 1 spiro atoms. The number of hydrogen-bond acceptors (Lipinski definition) is 5. The van der Waals surface area contributed by atoms with Crippen LogP contribution in [0.3, 0.4) is 0 Å². The third kappa shape index (κ3) is 2.77. The van der Waals surface area contributed by atoms with Gasteiger partial charge in [-0.2, -0.15) is 0 Å². The number of rotatable bonds is 4. The van der Waals surface area contributed by atoms with Crippen molar-refractivity contribution in [2.75, 3.05) is 6.61 Å². The van der Waals surface area contributed by atoms with Gasteiger partial charge in [-0.1, -0.05) is 19.4 Å². The Hall–Kier alpha value is -2.24. The van der Waals surface area contributed by atoms with Crippen molar-refractivity contribution in [2.24, 2.45) is 5.41 Å². The van der Waals surface area contributed by atoms with Gasteiger partial charge in [-0.05, 0) is 44.6 Å². The van der Waals surface area contributed by atoms with Crippen LogP contribution in [-0.4, -0.2) is 29.1 Å². The van der Waals surface area contributed by atoms with E-state index in [-0.39, 0.29) is 17.9 Å². The summed E-state index contributed by atoms with van der Waals surface area (Å²) in [5, 5.41) is 2.87. The molecule has 4 aliphatic rings. The van der Waals surface area contributed by atoms with E-state index in [1.165, 1.54) is 5.57 Å². The summed E-state index contributed by atoms with van der Waals surface area (Å²) in [4.78, 5) is 27.4. The summed E-state index contributed by atoms with van der Waals surface area (Å²) in [6.45, 7) is 3.80. The van der Waals surface area contributed by atoms with Crippen LogP contribution in [0.4, 0.5) is 0 Å². The molecule has 4 rings (SSSR count). The number of fused-ring (bicyclic) bond motifs is 1. The van der Waals surface area contributed by atoms with Crippen molar-refractivity contribution in [2.45, 2.75) is 70.9 Å². The predicted molar refractivity (Wildman–Crippen MR) is 99.7 cm³/mol. The number of esters is 1. The third-order valence-electron chi connectivity index (χ3n) is 6.13. The maximum absolute atomic E-state index is 13.0. The van der Waals surface area contributed by atoms with E-state index in [1.807, 2.05) is 0 Å². The molecule has 0 bridgehead atoms. The van der Waals surface area contributed by atoms with Crippen molar-refractivity contribution in [1.29, 1.82) is 0 Å². The molecule has 1 amide bonds. The molecule has 1 saturated heterocycles. The van der Waals surface area contributed by atoms with Crippen LogP contribution in [0, 0.1) is 5.41 Å². The minimum Gasteiger partial charge on any atom is -0.462 e. The number of allylic oxidation sites excluding steroid dienone is 3. The monoisotopic (exact) mass is 372 g/mol. The van der Waals surface area contributed by atoms with E-state index < -0.39 is 11.7 Å². The van der Waals surface area contributed by atoms with Crippen molar-refractivity contribution in [3.05, 3.63) is 35.5 Å². The van der Waals surface area contributed by atoms with Crippen LogP contribution in [-0.2, 0) is 19.1 Å². The molecule has 1 saturated carbocycles. The predicted octanol–water partition coefficient (Wildman–Crippen LogP) is 3.47. The number of amides is 1. The maximum Gasteiger partial charge on any atom is 0.372 e. The zero-order valence-electron chi connectivity index (χ0n) is 16.2. The lowest BCUT2D eigenvalue weighted by atomic mass is 9.65. The highest BCUT2D eigenvalue weighted by molar-refractivity contribution is 5.87. The molecule has 6 heteroatoms. The number of carbonyl (C=O) groups is 2. The zero-order valence-corrected chi connectivity index (χ0v) is 16.2. The molecule has 0 aromatic rings. The van der Waals surface area contributed by atoms with Gasteiger partial charge in [-0.3, -0.25) is 4.79 Å². The van der Waals surface area contributed by atoms with E-state index in [9.17, 15) is 9.59 Å². The summed E-state index contributed by atoms with van der Waals surface area (Å²) in [5.74, 6) is 0.172. The first-order chi connectivity index (χ1) is 13.0. The van der Waals surface area contributed by atoms with Crippen molar-refractivity contribution < 1.29 is 19.1 Å². The molecule has 2 atom stereocenters. The van der Waals surface area contributed by atoms with Gasteiger partial charge in [0, 0.05) is 25.2 Å². The Labute approximate surface area is 160 Å². The molecule has 0 radical (unpaired) electrons. The lowest BCUT2D eigenvalue weighted by Crippen LogP contribution is -2.55. The fourth-order valence-corrected chi connectivity index (χ4v) is 4.88. The second kappa shape index (κ2) is 6.73. The molecule has 0 aromatic carbocycles. The number of nitrogens with zero attached hydrogens (tertiary/aromatic N) is 1. The second-order valence-electron chi connectivity index (χ2n) is 7.78. The molecule has 2 fully saturated rings. The summed E-state index contributed by atoms with van der Waals surface area (Å²) in [5.41, 5.74) is 0.679. The van der Waals surface area contributed by atoms with E-state index in [0.29, 0.717) is 12.8 Å². The van der Waals surface area contributed by atoms with Crippen LogP contribution in [0.1, 0.15) is 65.2 Å². The van der Waals surface area contributed by atoms with Gasteiger partial charge in [0.15, 0.2) is 0 Å². The summed E-state index contributed by atoms with van der Waals surface area (Å²) in [6.07, 6.45) is 13.2. The molecule has 146 valence electrons. The highest BCUT2D eigenvalue weighted by Gasteiger charge is 2.63. The molecular weight excluding hydrogens is 344 g/mol. The SMILES string of the molecule is CCOC(=O)C1(NC(=O)CC)CC23CCCCC2=CN2C=CCCC2=C3O1. The van der Waals surface area contributed by atoms with Crippen LogP contribution in [0.15, 0.2) is 35.5 Å². The van der Waals surface area contributed by atoms with Gasteiger partial charge in [-0.15, -0.1) is 0 Å². The highest BCUT2D eigenvalue weighted by atomic mass is 16.6. The number of hydrogen-bond donors (Lipinski definition) is 1. The molecule has 6 nitrogen and oxygen atoms in total. The minimum atomic E-state index is -1.43. The van der Waals surface area contributed by atoms with Crippen LogP contribution < -0.4 is 5.32 Å². The van der Waals surface area contributed by atoms with Gasteiger partial charge in [0.2, 0.25) is 5.91 Å². The van der Waals surface area contributed by atoms with Crippen molar-refractivity contribution in [3.63, 3.8) is 0 Å². The van der Waals surface area contributed by atoms with Crippen molar-refractivity contribution in [3.8, 4) is 0 Å². The zero-order chi connectivity index (χ0) is 19.1. The number of nitrogens with one attached hydrogen (secondary N) is 1. The molecule has 1 N–H and O–H groups in total. The lowest BCUT2D eigenvalue weighted by Gasteiger charge is -2.42. The van der Waals surface area contributed by atoms with E-state index in [0.717, 1.165) is 50.0 Å². The van der Waals surface area contributed by atoms with Gasteiger partial charge in [0.25, 0.3) is 5.72 Å². The lowest BCUT2D eigenvalue weighted by molar-refractivity contribution is -0.170. The van der Waals surface area contributed by atoms with E-state index in [2.05, 4.69) is 28.7 Å². The van der Waals surface area contributed by atoms with Crippen molar-refractivity contribution >= 4 is 11.9 Å². The molecule has 2 unspecified atom stereocenters. The maximum atomic E-state index is 13.0. The minimum absolute atomic E-state index is 0.203. The Morgan fingerprint density at radius 1 is 1.30 bits per heavy atom. The van der Waals surface area contributed by atoms with E-state index >= 15 is 0 Å². The third-order valence-corrected chi connectivity index (χ3v) is 6.13. The fourth-order valence-electron chi connectivity index (χ4n) is 4.88. The first kappa shape index (κ1) is 18.1. The average Bonchev–Trinajstić information content (AvgIpc) is 3.01. The molecule has 3 heterocycles. The number of ether oxygens (including phenoxy) is 2. The Balaban J connectivity index is 1.82. The standard InChI is InChI=1S/C21H28N2O4/c1-3-17(24)22-21(19(25)26-4-2)14-20-11-7-5-9-15(20)13-23-12-8-6-10-16(23)18(20)27-21/h8,12-13H,3-7,9-11,14H2,1-2H3,(H,22,24). The van der Waals surface area contributed by atoms with Crippen LogP contribution in [0.5, 0.6) is 0 Å². The topological polar surface area (TPSA) is 67.9 Å². The highest BCUT2D eigenvalue weighted by Crippen LogP contribution is 2.61. The second-order valence-corrected chi connectivity index (χ2v) is 7.78. The smallest absolute Gasteiger partial charge is 0.372 e. The molecule has 27 heavy (non-hydrogen) atoms. The summed E-state index contributed by atoms with van der Waals surface area (Å²) in [7, 11) is 0. The molecule has 1 aliphatic carbocycles. The van der Waals surface area contributed by atoms with Crippen LogP contribution >= 0.6 is 0 Å². The quantitative estimate of drug-likeness (QED) is 0.766. The largest absolute Gasteiger partial charge is 0.462 e. The van der Waals surface area contributed by atoms with Crippen LogP contribution in [0.2, 0.25) is 0 Å². The average molecular weight is 372 g/mol. The van der Waals surface area contributed by atoms with E-state index in [1.54, 1.807) is 13.8 Å². The van der Waals surface area contributed by atoms with Crippen molar-refractivity contribution in [1.82, 2.24) is 10.2 Å². The Kier molecular flexibility index (Phi) is 4.52. The van der Waals surface area contributed by atoms with Gasteiger partial charge >= 0.3 is 5.97 Å². The fraction of sp³-hybridized carbons (Fsp3) is 0.619. The van der Waals surface area contributed by atoms with Crippen LogP contribution in [0.25, 0.3) is 0 Å². The van der Waals surface area contributed by atoms with Gasteiger partial charge in [-0.25, -0.2) is 4.79 Å². The molecule has 0 aromatic heterocycles. The Bertz CT molecular complexity index is 753. The first-order valence-corrected chi connectivity index (χ1v) is 10.1. The Morgan fingerprint density at radius 3 is 2.93 bits per heavy atom. The Morgan fingerprint density at radius 2 is 2.15 bits per heavy atom. The number of carbonyl (C=O) groups excluding carboxylic acids is 2. The van der Waals surface area contributed by atoms with E-state index in [4.69, 9.17) is 9.47 Å². The normalized spacial score (nSPS) is 31.3.